The van der Waals surface area contributed by atoms with Crippen molar-refractivity contribution < 1.29 is 14.3 Å². The third-order valence-corrected chi connectivity index (χ3v) is 3.54. The highest BCUT2D eigenvalue weighted by atomic mass is 16.5. The molecule has 1 aliphatic heterocycles. The molecule has 1 atom stereocenters. The molecular formula is C17H20N2O3. The summed E-state index contributed by atoms with van der Waals surface area (Å²) in [6.07, 6.45) is 2.00. The van der Waals surface area contributed by atoms with Gasteiger partial charge in [-0.2, -0.15) is 0 Å². The van der Waals surface area contributed by atoms with Crippen LogP contribution in [0.2, 0.25) is 0 Å². The Hall–Kier alpha value is -2.48. The summed E-state index contributed by atoms with van der Waals surface area (Å²) >= 11 is 0. The second kappa shape index (κ2) is 8.08. The van der Waals surface area contributed by atoms with E-state index in [4.69, 9.17) is 10.5 Å². The van der Waals surface area contributed by atoms with Gasteiger partial charge in [0.15, 0.2) is 0 Å². The lowest BCUT2D eigenvalue weighted by atomic mass is 9.98. The zero-order chi connectivity index (χ0) is 15.8. The highest BCUT2D eigenvalue weighted by molar-refractivity contribution is 5.76. The molecule has 0 aliphatic carbocycles. The summed E-state index contributed by atoms with van der Waals surface area (Å²) in [5.74, 6) is 5.44. The van der Waals surface area contributed by atoms with Crippen LogP contribution < -0.4 is 5.73 Å². The number of ether oxygens (including phenoxy) is 1. The number of amides is 2. The topological polar surface area (TPSA) is 72.6 Å². The van der Waals surface area contributed by atoms with E-state index in [1.807, 2.05) is 30.3 Å². The summed E-state index contributed by atoms with van der Waals surface area (Å²) in [5, 5.41) is 0. The first-order valence-corrected chi connectivity index (χ1v) is 7.42. The number of primary amides is 1. The number of hydrogen-bond donors (Lipinski definition) is 1. The van der Waals surface area contributed by atoms with Gasteiger partial charge in [-0.05, 0) is 25.0 Å². The van der Waals surface area contributed by atoms with E-state index in [9.17, 15) is 9.59 Å². The van der Waals surface area contributed by atoms with Crippen molar-refractivity contribution in [3.05, 3.63) is 35.9 Å². The average molecular weight is 300 g/mol. The fraction of sp³-hybridized carbons (Fsp3) is 0.412. The van der Waals surface area contributed by atoms with Crippen molar-refractivity contribution in [2.75, 3.05) is 19.7 Å². The average Bonchev–Trinajstić information content (AvgIpc) is 2.55. The quantitative estimate of drug-likeness (QED) is 0.525. The lowest BCUT2D eigenvalue weighted by molar-refractivity contribution is -0.149. The van der Waals surface area contributed by atoms with Crippen LogP contribution in [0.3, 0.4) is 0 Å². The summed E-state index contributed by atoms with van der Waals surface area (Å²) in [6.45, 7) is 1.23. The number of esters is 1. The van der Waals surface area contributed by atoms with Crippen LogP contribution in [0, 0.1) is 17.8 Å². The minimum atomic E-state index is -0.480. The Kier molecular flexibility index (Phi) is 5.84. The Bertz CT molecular complexity index is 575. The number of nitrogens with two attached hydrogens (primary N) is 1. The summed E-state index contributed by atoms with van der Waals surface area (Å²) in [4.78, 5) is 24.6. The van der Waals surface area contributed by atoms with Gasteiger partial charge in [0.1, 0.15) is 6.61 Å². The van der Waals surface area contributed by atoms with E-state index in [2.05, 4.69) is 11.8 Å². The molecule has 1 aliphatic rings. The van der Waals surface area contributed by atoms with Gasteiger partial charge in [-0.25, -0.2) is 4.79 Å². The number of rotatable bonds is 3. The molecule has 2 amide bonds. The maximum atomic E-state index is 12.0. The van der Waals surface area contributed by atoms with Crippen LogP contribution in [0.15, 0.2) is 30.3 Å². The zero-order valence-electron chi connectivity index (χ0n) is 12.5. The third-order valence-electron chi connectivity index (χ3n) is 3.54. The Morgan fingerprint density at radius 2 is 2.09 bits per heavy atom. The van der Waals surface area contributed by atoms with Gasteiger partial charge in [-0.3, -0.25) is 4.79 Å². The fourth-order valence-electron chi connectivity index (χ4n) is 2.38. The van der Waals surface area contributed by atoms with Crippen LogP contribution in [-0.2, 0) is 9.53 Å². The van der Waals surface area contributed by atoms with Crippen molar-refractivity contribution in [2.24, 2.45) is 11.7 Å². The Morgan fingerprint density at radius 1 is 1.32 bits per heavy atom. The molecule has 1 heterocycles. The molecule has 1 aromatic rings. The number of urea groups is 1. The molecule has 0 spiro atoms. The van der Waals surface area contributed by atoms with Crippen LogP contribution in [-0.4, -0.2) is 36.6 Å². The molecule has 2 N–H and O–H groups in total. The first-order valence-electron chi connectivity index (χ1n) is 7.42. The van der Waals surface area contributed by atoms with Crippen molar-refractivity contribution in [3.63, 3.8) is 0 Å². The second-order valence-electron chi connectivity index (χ2n) is 5.21. The number of hydrogen-bond acceptors (Lipinski definition) is 3. The maximum Gasteiger partial charge on any atom is 0.314 e. The lowest BCUT2D eigenvalue weighted by Crippen LogP contribution is -2.45. The van der Waals surface area contributed by atoms with Crippen LogP contribution in [0.25, 0.3) is 0 Å². The normalized spacial score (nSPS) is 17.3. The molecule has 1 fully saturated rings. The predicted octanol–water partition coefficient (Wildman–Crippen LogP) is 1.76. The molecule has 116 valence electrons. The highest BCUT2D eigenvalue weighted by Gasteiger charge is 2.28. The first-order chi connectivity index (χ1) is 10.7. The Labute approximate surface area is 130 Å². The van der Waals surface area contributed by atoms with Crippen LogP contribution in [0.5, 0.6) is 0 Å². The molecular weight excluding hydrogens is 280 g/mol. The van der Waals surface area contributed by atoms with Gasteiger partial charge in [-0.15, -0.1) is 0 Å². The maximum absolute atomic E-state index is 12.0. The van der Waals surface area contributed by atoms with Crippen molar-refractivity contribution in [1.29, 1.82) is 0 Å². The van der Waals surface area contributed by atoms with Crippen molar-refractivity contribution in [2.45, 2.75) is 19.3 Å². The number of benzene rings is 1. The van der Waals surface area contributed by atoms with Gasteiger partial charge in [0.25, 0.3) is 0 Å². The smallest absolute Gasteiger partial charge is 0.314 e. The second-order valence-corrected chi connectivity index (χ2v) is 5.21. The standard InChI is InChI=1S/C17H20N2O3/c18-17(21)19-11-6-10-15(13-19)16(20)22-12-5-4-9-14-7-2-1-3-8-14/h1-3,7-8,15H,5-6,10-13H2,(H2,18,21)/t15-/m0/s1. The van der Waals surface area contributed by atoms with Gasteiger partial charge in [0, 0.05) is 25.1 Å². The molecule has 0 radical (unpaired) electrons. The molecule has 0 unspecified atom stereocenters. The minimum absolute atomic E-state index is 0.270. The van der Waals surface area contributed by atoms with E-state index in [0.29, 0.717) is 19.5 Å². The number of nitrogens with zero attached hydrogens (tertiary/aromatic N) is 1. The van der Waals surface area contributed by atoms with Crippen molar-refractivity contribution >= 4 is 12.0 Å². The number of carbonyl (C=O) groups excluding carboxylic acids is 2. The molecule has 1 aromatic carbocycles. The van der Waals surface area contributed by atoms with Crippen molar-refractivity contribution in [3.8, 4) is 11.8 Å². The van der Waals surface area contributed by atoms with Gasteiger partial charge < -0.3 is 15.4 Å². The summed E-state index contributed by atoms with van der Waals surface area (Å²) in [5.41, 5.74) is 6.18. The summed E-state index contributed by atoms with van der Waals surface area (Å²) in [6, 6.07) is 9.17. The molecule has 0 bridgehead atoms. The van der Waals surface area contributed by atoms with Crippen LogP contribution in [0.1, 0.15) is 24.8 Å². The molecule has 2 rings (SSSR count). The van der Waals surface area contributed by atoms with E-state index < -0.39 is 6.03 Å². The molecule has 0 aromatic heterocycles. The highest BCUT2D eigenvalue weighted by Crippen LogP contribution is 2.17. The van der Waals surface area contributed by atoms with E-state index >= 15 is 0 Å². The third kappa shape index (κ3) is 4.81. The largest absolute Gasteiger partial charge is 0.464 e. The fourth-order valence-corrected chi connectivity index (χ4v) is 2.38. The molecule has 5 heteroatoms. The number of likely N-dealkylation sites (tertiary alicyclic amines) is 1. The van der Waals surface area contributed by atoms with Gasteiger partial charge in [-0.1, -0.05) is 30.0 Å². The summed E-state index contributed by atoms with van der Waals surface area (Å²) in [7, 11) is 0. The SMILES string of the molecule is NC(=O)N1CCC[C@H](C(=O)OCCC#Cc2ccccc2)C1. The van der Waals surface area contributed by atoms with Crippen molar-refractivity contribution in [1.82, 2.24) is 4.90 Å². The molecule has 22 heavy (non-hydrogen) atoms. The van der Waals surface area contributed by atoms with Gasteiger partial charge >= 0.3 is 12.0 Å². The zero-order valence-corrected chi connectivity index (χ0v) is 12.5. The Balaban J connectivity index is 1.72. The van der Waals surface area contributed by atoms with E-state index in [0.717, 1.165) is 18.4 Å². The van der Waals surface area contributed by atoms with Gasteiger partial charge in [0.05, 0.1) is 5.92 Å². The van der Waals surface area contributed by atoms with E-state index in [1.54, 1.807) is 0 Å². The van der Waals surface area contributed by atoms with E-state index in [-0.39, 0.29) is 18.5 Å². The first kappa shape index (κ1) is 15.9. The van der Waals surface area contributed by atoms with Crippen LogP contribution in [0.4, 0.5) is 4.79 Å². The van der Waals surface area contributed by atoms with Crippen LogP contribution >= 0.6 is 0 Å². The van der Waals surface area contributed by atoms with E-state index in [1.165, 1.54) is 4.90 Å². The monoisotopic (exact) mass is 300 g/mol. The minimum Gasteiger partial charge on any atom is -0.464 e. The lowest BCUT2D eigenvalue weighted by Gasteiger charge is -2.30. The number of piperidine rings is 1. The molecule has 5 nitrogen and oxygen atoms in total. The molecule has 1 saturated heterocycles. The summed E-state index contributed by atoms with van der Waals surface area (Å²) < 4.78 is 5.23. The Morgan fingerprint density at radius 3 is 2.82 bits per heavy atom. The number of carbonyl (C=O) groups is 2. The predicted molar refractivity (Wildman–Crippen MR) is 82.8 cm³/mol. The van der Waals surface area contributed by atoms with Gasteiger partial charge in [0.2, 0.25) is 0 Å². The molecule has 0 saturated carbocycles.